The minimum absolute atomic E-state index is 0.0541. The number of methoxy groups -OCH3 is 1. The number of rotatable bonds is 4. The van der Waals surface area contributed by atoms with Gasteiger partial charge in [0.2, 0.25) is 5.91 Å². The summed E-state index contributed by atoms with van der Waals surface area (Å²) in [6.45, 7) is 0.639. The molecule has 2 atom stereocenters. The highest BCUT2D eigenvalue weighted by Crippen LogP contribution is 2.32. The molecule has 3 heterocycles. The molecule has 0 aliphatic carbocycles. The van der Waals surface area contributed by atoms with Crippen LogP contribution < -0.4 is 4.74 Å². The Morgan fingerprint density at radius 2 is 1.87 bits per heavy atom. The van der Waals surface area contributed by atoms with Crippen molar-refractivity contribution in [2.45, 2.75) is 57.0 Å². The molecule has 2 amide bonds. The molecule has 4 rings (SSSR count). The number of sulfone groups is 1. The average molecular weight is 448 g/mol. The lowest BCUT2D eigenvalue weighted by molar-refractivity contribution is -0.134. The summed E-state index contributed by atoms with van der Waals surface area (Å²) in [6, 6.07) is 7.28. The van der Waals surface area contributed by atoms with E-state index in [1.807, 2.05) is 29.2 Å². The van der Waals surface area contributed by atoms with Crippen LogP contribution >= 0.6 is 0 Å². The zero-order valence-corrected chi connectivity index (χ0v) is 18.6. The van der Waals surface area contributed by atoms with Crippen LogP contribution in [0.4, 0.5) is 0 Å². The molecule has 3 aliphatic rings. The first-order valence-electron chi connectivity index (χ1n) is 10.9. The molecular formula is C22H29N3O5S. The molecular weight excluding hydrogens is 418 g/mol. The molecule has 1 aromatic rings. The first kappa shape index (κ1) is 21.8. The Morgan fingerprint density at radius 1 is 1.10 bits per heavy atom. The van der Waals surface area contributed by atoms with Crippen LogP contribution in [0.25, 0.3) is 0 Å². The van der Waals surface area contributed by atoms with Crippen LogP contribution in [0.2, 0.25) is 0 Å². The molecule has 0 bridgehead atoms. The quantitative estimate of drug-likeness (QED) is 0.706. The SMILES string of the molecule is COc1ccc([C@@H]2CCCCCN2C(=O)C2=NN([C@@H]3CCS(=O)(=O)C3)C(=O)CC2)cc1. The smallest absolute Gasteiger partial charge is 0.270 e. The fourth-order valence-corrected chi connectivity index (χ4v) is 6.36. The summed E-state index contributed by atoms with van der Waals surface area (Å²) in [5, 5.41) is 5.66. The van der Waals surface area contributed by atoms with E-state index in [2.05, 4.69) is 5.10 Å². The summed E-state index contributed by atoms with van der Waals surface area (Å²) in [4.78, 5) is 27.8. The van der Waals surface area contributed by atoms with Crippen molar-refractivity contribution in [3.63, 3.8) is 0 Å². The van der Waals surface area contributed by atoms with Gasteiger partial charge in [-0.1, -0.05) is 25.0 Å². The standard InChI is InChI=1S/C22H29N3O5S/c1-30-18-8-6-16(7-9-18)20-5-3-2-4-13-24(20)22(27)19-10-11-21(26)25(23-19)17-12-14-31(28,29)15-17/h6-9,17,20H,2-5,10-15H2,1H3/t17-,20+/m1/s1. The van der Waals surface area contributed by atoms with Gasteiger partial charge in [-0.25, -0.2) is 13.4 Å². The summed E-state index contributed by atoms with van der Waals surface area (Å²) in [5.41, 5.74) is 1.41. The molecule has 2 fully saturated rings. The second kappa shape index (κ2) is 8.98. The summed E-state index contributed by atoms with van der Waals surface area (Å²) >= 11 is 0. The molecule has 9 heteroatoms. The molecule has 0 unspecified atom stereocenters. The third-order valence-corrected chi connectivity index (χ3v) is 8.13. The van der Waals surface area contributed by atoms with Crippen molar-refractivity contribution in [3.05, 3.63) is 29.8 Å². The molecule has 0 spiro atoms. The number of amides is 2. The van der Waals surface area contributed by atoms with Gasteiger partial charge in [-0.3, -0.25) is 9.59 Å². The van der Waals surface area contributed by atoms with Crippen molar-refractivity contribution in [1.82, 2.24) is 9.91 Å². The fourth-order valence-electron chi connectivity index (χ4n) is 4.67. The summed E-state index contributed by atoms with van der Waals surface area (Å²) < 4.78 is 29.0. The fraction of sp³-hybridized carbons (Fsp3) is 0.591. The Bertz CT molecular complexity index is 973. The zero-order valence-electron chi connectivity index (χ0n) is 17.8. The van der Waals surface area contributed by atoms with E-state index in [0.717, 1.165) is 37.0 Å². The molecule has 0 N–H and O–H groups in total. The van der Waals surface area contributed by atoms with Crippen molar-refractivity contribution >= 4 is 27.4 Å². The van der Waals surface area contributed by atoms with Gasteiger partial charge < -0.3 is 9.64 Å². The predicted octanol–water partition coefficient (Wildman–Crippen LogP) is 2.30. The van der Waals surface area contributed by atoms with Crippen LogP contribution in [0, 0.1) is 0 Å². The molecule has 1 aromatic carbocycles. The van der Waals surface area contributed by atoms with E-state index < -0.39 is 15.9 Å². The number of benzene rings is 1. The topological polar surface area (TPSA) is 96.3 Å². The van der Waals surface area contributed by atoms with Crippen LogP contribution in [0.15, 0.2) is 29.4 Å². The van der Waals surface area contributed by atoms with Crippen molar-refractivity contribution in [2.75, 3.05) is 25.2 Å². The minimum atomic E-state index is -3.15. The number of ether oxygens (including phenoxy) is 1. The zero-order chi connectivity index (χ0) is 22.0. The number of nitrogens with zero attached hydrogens (tertiary/aromatic N) is 3. The van der Waals surface area contributed by atoms with E-state index in [4.69, 9.17) is 4.74 Å². The Labute approximate surface area is 183 Å². The van der Waals surface area contributed by atoms with E-state index >= 15 is 0 Å². The van der Waals surface area contributed by atoms with Gasteiger partial charge in [0.1, 0.15) is 11.5 Å². The van der Waals surface area contributed by atoms with Gasteiger partial charge in [-0.05, 0) is 37.0 Å². The lowest BCUT2D eigenvalue weighted by Crippen LogP contribution is -2.46. The first-order chi connectivity index (χ1) is 14.9. The number of hydrogen-bond donors (Lipinski definition) is 0. The van der Waals surface area contributed by atoms with Crippen molar-refractivity contribution in [3.8, 4) is 5.75 Å². The van der Waals surface area contributed by atoms with Gasteiger partial charge in [-0.15, -0.1) is 0 Å². The van der Waals surface area contributed by atoms with E-state index in [9.17, 15) is 18.0 Å². The van der Waals surface area contributed by atoms with Crippen LogP contribution in [-0.2, 0) is 19.4 Å². The molecule has 8 nitrogen and oxygen atoms in total. The van der Waals surface area contributed by atoms with Crippen LogP contribution in [0.5, 0.6) is 5.75 Å². The molecule has 3 aliphatic heterocycles. The Kier molecular flexibility index (Phi) is 6.31. The maximum atomic E-state index is 13.5. The molecule has 31 heavy (non-hydrogen) atoms. The summed E-state index contributed by atoms with van der Waals surface area (Å²) in [7, 11) is -1.53. The van der Waals surface area contributed by atoms with E-state index in [-0.39, 0.29) is 35.8 Å². The normalized spacial score (nSPS) is 26.4. The Morgan fingerprint density at radius 3 is 2.55 bits per heavy atom. The number of likely N-dealkylation sites (tertiary alicyclic amines) is 1. The van der Waals surface area contributed by atoms with Gasteiger partial charge in [0.25, 0.3) is 5.91 Å². The van der Waals surface area contributed by atoms with Gasteiger partial charge in [-0.2, -0.15) is 5.10 Å². The maximum absolute atomic E-state index is 13.5. The van der Waals surface area contributed by atoms with Crippen molar-refractivity contribution in [2.24, 2.45) is 5.10 Å². The molecule has 2 saturated heterocycles. The third kappa shape index (κ3) is 4.76. The second-order valence-electron chi connectivity index (χ2n) is 8.48. The highest BCUT2D eigenvalue weighted by molar-refractivity contribution is 7.91. The molecule has 0 aromatic heterocycles. The van der Waals surface area contributed by atoms with Crippen molar-refractivity contribution in [1.29, 1.82) is 0 Å². The Balaban J connectivity index is 1.58. The van der Waals surface area contributed by atoms with Gasteiger partial charge in [0.15, 0.2) is 9.84 Å². The minimum Gasteiger partial charge on any atom is -0.497 e. The lowest BCUT2D eigenvalue weighted by Gasteiger charge is -2.33. The highest BCUT2D eigenvalue weighted by atomic mass is 32.2. The van der Waals surface area contributed by atoms with E-state index in [1.54, 1.807) is 7.11 Å². The summed E-state index contributed by atoms with van der Waals surface area (Å²) in [5.74, 6) is 0.392. The second-order valence-corrected chi connectivity index (χ2v) is 10.7. The molecule has 168 valence electrons. The maximum Gasteiger partial charge on any atom is 0.270 e. The Hall–Kier alpha value is -2.42. The van der Waals surface area contributed by atoms with Crippen LogP contribution in [0.3, 0.4) is 0 Å². The predicted molar refractivity (Wildman–Crippen MR) is 116 cm³/mol. The number of carbonyl (C=O) groups excluding carboxylic acids is 2. The third-order valence-electron chi connectivity index (χ3n) is 6.38. The van der Waals surface area contributed by atoms with Gasteiger partial charge in [0.05, 0.1) is 30.7 Å². The molecule has 0 radical (unpaired) electrons. The number of carbonyl (C=O) groups is 2. The van der Waals surface area contributed by atoms with Crippen LogP contribution in [0.1, 0.15) is 56.6 Å². The van der Waals surface area contributed by atoms with E-state index in [1.165, 1.54) is 5.01 Å². The average Bonchev–Trinajstić information content (AvgIpc) is 2.98. The largest absolute Gasteiger partial charge is 0.497 e. The van der Waals surface area contributed by atoms with Gasteiger partial charge >= 0.3 is 0 Å². The van der Waals surface area contributed by atoms with Crippen LogP contribution in [-0.4, -0.2) is 67.1 Å². The van der Waals surface area contributed by atoms with Crippen molar-refractivity contribution < 1.29 is 22.7 Å². The lowest BCUT2D eigenvalue weighted by atomic mass is 9.99. The molecule has 0 saturated carbocycles. The summed E-state index contributed by atoms with van der Waals surface area (Å²) in [6.07, 6.45) is 4.74. The van der Waals surface area contributed by atoms with E-state index in [0.29, 0.717) is 25.1 Å². The van der Waals surface area contributed by atoms with Gasteiger partial charge in [0, 0.05) is 19.4 Å². The number of hydrazone groups is 1. The number of hydrogen-bond acceptors (Lipinski definition) is 6. The monoisotopic (exact) mass is 447 g/mol. The first-order valence-corrected chi connectivity index (χ1v) is 12.7. The highest BCUT2D eigenvalue weighted by Gasteiger charge is 2.38.